The highest BCUT2D eigenvalue weighted by Crippen LogP contribution is 2.34. The first-order chi connectivity index (χ1) is 10.3. The second-order valence-electron chi connectivity index (χ2n) is 5.45. The van der Waals surface area contributed by atoms with Crippen molar-refractivity contribution in [1.29, 1.82) is 0 Å². The van der Waals surface area contributed by atoms with Gasteiger partial charge in [0, 0.05) is 5.69 Å². The summed E-state index contributed by atoms with van der Waals surface area (Å²) in [7, 11) is 0. The van der Waals surface area contributed by atoms with E-state index in [0.29, 0.717) is 0 Å². The number of aryl methyl sites for hydroxylation is 1. The minimum Gasteiger partial charge on any atom is -0.494 e. The van der Waals surface area contributed by atoms with Crippen molar-refractivity contribution in [3.63, 3.8) is 0 Å². The van der Waals surface area contributed by atoms with Crippen LogP contribution >= 0.6 is 0 Å². The van der Waals surface area contributed by atoms with Crippen LogP contribution in [-0.4, -0.2) is 6.61 Å². The number of benzene rings is 2. The number of nitrogens with one attached hydrogen (secondary N) is 1. The van der Waals surface area contributed by atoms with Crippen molar-refractivity contribution < 1.29 is 9.13 Å². The summed E-state index contributed by atoms with van der Waals surface area (Å²) < 4.78 is 18.8. The molecule has 0 saturated carbocycles. The van der Waals surface area contributed by atoms with Crippen LogP contribution in [0.25, 0.3) is 0 Å². The number of hydrogen-bond donors (Lipinski definition) is 1. The van der Waals surface area contributed by atoms with E-state index in [1.165, 1.54) is 5.56 Å². The molecule has 0 amide bonds. The Kier molecular flexibility index (Phi) is 4.09. The minimum absolute atomic E-state index is 0.146. The van der Waals surface area contributed by atoms with Crippen molar-refractivity contribution in [2.75, 3.05) is 11.9 Å². The predicted octanol–water partition coefficient (Wildman–Crippen LogP) is 4.71. The van der Waals surface area contributed by atoms with E-state index in [4.69, 9.17) is 4.74 Å². The van der Waals surface area contributed by atoms with Crippen molar-refractivity contribution in [2.24, 2.45) is 0 Å². The van der Waals surface area contributed by atoms with Gasteiger partial charge in [0.1, 0.15) is 11.6 Å². The predicted molar refractivity (Wildman–Crippen MR) is 83.3 cm³/mol. The van der Waals surface area contributed by atoms with E-state index in [0.717, 1.165) is 42.9 Å². The molecule has 0 saturated heterocycles. The summed E-state index contributed by atoms with van der Waals surface area (Å²) in [4.78, 5) is 0. The third-order valence-electron chi connectivity index (χ3n) is 3.85. The molecule has 0 fully saturated rings. The van der Waals surface area contributed by atoms with Gasteiger partial charge in [-0.15, -0.1) is 0 Å². The molecule has 1 aliphatic rings. The van der Waals surface area contributed by atoms with Crippen molar-refractivity contribution in [1.82, 2.24) is 0 Å². The molecule has 1 unspecified atom stereocenters. The lowest BCUT2D eigenvalue weighted by molar-refractivity contribution is 0.317. The Bertz CT molecular complexity index is 609. The van der Waals surface area contributed by atoms with Crippen LogP contribution in [0.15, 0.2) is 42.5 Å². The van der Waals surface area contributed by atoms with Crippen molar-refractivity contribution in [2.45, 2.75) is 32.2 Å². The van der Waals surface area contributed by atoms with E-state index in [9.17, 15) is 4.39 Å². The van der Waals surface area contributed by atoms with Gasteiger partial charge in [0.25, 0.3) is 0 Å². The minimum atomic E-state index is -0.146. The summed E-state index contributed by atoms with van der Waals surface area (Å²) in [6.07, 6.45) is 2.95. The number of fused-ring (bicyclic) bond motifs is 1. The zero-order chi connectivity index (χ0) is 14.7. The summed E-state index contributed by atoms with van der Waals surface area (Å²) in [5.41, 5.74) is 3.40. The van der Waals surface area contributed by atoms with Gasteiger partial charge in [0.2, 0.25) is 0 Å². The SMILES string of the molecule is CCCOc1ccc(NC2CCc3cc(F)ccc32)cc1. The van der Waals surface area contributed by atoms with Gasteiger partial charge < -0.3 is 10.1 Å². The van der Waals surface area contributed by atoms with Gasteiger partial charge in [0.05, 0.1) is 12.6 Å². The second-order valence-corrected chi connectivity index (χ2v) is 5.45. The Hall–Kier alpha value is -2.03. The molecule has 3 rings (SSSR count). The molecule has 0 spiro atoms. The quantitative estimate of drug-likeness (QED) is 0.858. The highest BCUT2D eigenvalue weighted by molar-refractivity contribution is 5.50. The molecule has 1 N–H and O–H groups in total. The van der Waals surface area contributed by atoms with Crippen molar-refractivity contribution in [3.05, 3.63) is 59.4 Å². The monoisotopic (exact) mass is 285 g/mol. The first-order valence-corrected chi connectivity index (χ1v) is 7.54. The first-order valence-electron chi connectivity index (χ1n) is 7.54. The average Bonchev–Trinajstić information content (AvgIpc) is 2.88. The van der Waals surface area contributed by atoms with Gasteiger partial charge in [-0.05, 0) is 66.8 Å². The summed E-state index contributed by atoms with van der Waals surface area (Å²) >= 11 is 0. The molecule has 2 aromatic rings. The largest absolute Gasteiger partial charge is 0.494 e. The number of ether oxygens (including phenoxy) is 1. The Morgan fingerprint density at radius 1 is 1.19 bits per heavy atom. The highest BCUT2D eigenvalue weighted by atomic mass is 19.1. The first kappa shape index (κ1) is 13.9. The van der Waals surface area contributed by atoms with E-state index in [-0.39, 0.29) is 11.9 Å². The van der Waals surface area contributed by atoms with E-state index in [1.807, 2.05) is 30.3 Å². The molecule has 3 heteroatoms. The van der Waals surface area contributed by atoms with Crippen LogP contribution in [0.4, 0.5) is 10.1 Å². The lowest BCUT2D eigenvalue weighted by Gasteiger charge is -2.16. The maximum atomic E-state index is 13.2. The van der Waals surface area contributed by atoms with E-state index >= 15 is 0 Å². The molecular weight excluding hydrogens is 265 g/mol. The summed E-state index contributed by atoms with van der Waals surface area (Å²) in [6, 6.07) is 13.4. The topological polar surface area (TPSA) is 21.3 Å². The lowest BCUT2D eigenvalue weighted by atomic mass is 10.1. The lowest BCUT2D eigenvalue weighted by Crippen LogP contribution is -2.07. The fourth-order valence-corrected chi connectivity index (χ4v) is 2.80. The van der Waals surface area contributed by atoms with Gasteiger partial charge in [-0.1, -0.05) is 13.0 Å². The fraction of sp³-hybridized carbons (Fsp3) is 0.333. The summed E-state index contributed by atoms with van der Waals surface area (Å²) in [6.45, 7) is 2.84. The Morgan fingerprint density at radius 3 is 2.76 bits per heavy atom. The van der Waals surface area contributed by atoms with Crippen LogP contribution in [0.5, 0.6) is 5.75 Å². The van der Waals surface area contributed by atoms with Gasteiger partial charge in [-0.25, -0.2) is 4.39 Å². The van der Waals surface area contributed by atoms with E-state index < -0.39 is 0 Å². The van der Waals surface area contributed by atoms with Crippen LogP contribution in [0.2, 0.25) is 0 Å². The summed E-state index contributed by atoms with van der Waals surface area (Å²) in [5, 5.41) is 3.52. The fourth-order valence-electron chi connectivity index (χ4n) is 2.80. The molecule has 2 aromatic carbocycles. The Balaban J connectivity index is 1.68. The average molecular weight is 285 g/mol. The van der Waals surface area contributed by atoms with E-state index in [1.54, 1.807) is 12.1 Å². The molecule has 0 bridgehead atoms. The smallest absolute Gasteiger partial charge is 0.123 e. The van der Waals surface area contributed by atoms with Crippen LogP contribution in [0.3, 0.4) is 0 Å². The molecule has 1 atom stereocenters. The molecule has 0 radical (unpaired) electrons. The molecule has 0 aromatic heterocycles. The van der Waals surface area contributed by atoms with Crippen LogP contribution in [0, 0.1) is 5.82 Å². The Labute approximate surface area is 125 Å². The Morgan fingerprint density at radius 2 is 2.00 bits per heavy atom. The van der Waals surface area contributed by atoms with Gasteiger partial charge in [-0.2, -0.15) is 0 Å². The number of halogens is 1. The molecule has 1 aliphatic carbocycles. The van der Waals surface area contributed by atoms with Gasteiger partial charge in [0.15, 0.2) is 0 Å². The van der Waals surface area contributed by atoms with Crippen LogP contribution in [-0.2, 0) is 6.42 Å². The third kappa shape index (κ3) is 3.18. The maximum Gasteiger partial charge on any atom is 0.123 e. The number of anilines is 1. The number of rotatable bonds is 5. The normalized spacial score (nSPS) is 16.6. The molecule has 21 heavy (non-hydrogen) atoms. The zero-order valence-electron chi connectivity index (χ0n) is 12.2. The molecular formula is C18H20FNO. The van der Waals surface area contributed by atoms with Gasteiger partial charge >= 0.3 is 0 Å². The zero-order valence-corrected chi connectivity index (χ0v) is 12.2. The molecule has 110 valence electrons. The third-order valence-corrected chi connectivity index (χ3v) is 3.85. The van der Waals surface area contributed by atoms with Crippen molar-refractivity contribution in [3.8, 4) is 5.75 Å². The standard InChI is InChI=1S/C18H20FNO/c1-2-11-21-16-7-5-15(6-8-16)20-18-10-3-13-12-14(19)4-9-17(13)18/h4-9,12,18,20H,2-3,10-11H2,1H3. The molecule has 0 aliphatic heterocycles. The van der Waals surface area contributed by atoms with Gasteiger partial charge in [-0.3, -0.25) is 0 Å². The summed E-state index contributed by atoms with van der Waals surface area (Å²) in [5.74, 6) is 0.753. The van der Waals surface area contributed by atoms with Crippen LogP contribution < -0.4 is 10.1 Å². The van der Waals surface area contributed by atoms with E-state index in [2.05, 4.69) is 12.2 Å². The molecule has 2 nitrogen and oxygen atoms in total. The number of hydrogen-bond acceptors (Lipinski definition) is 2. The molecule has 0 heterocycles. The van der Waals surface area contributed by atoms with Crippen LogP contribution in [0.1, 0.15) is 36.9 Å². The van der Waals surface area contributed by atoms with Crippen molar-refractivity contribution >= 4 is 5.69 Å². The highest BCUT2D eigenvalue weighted by Gasteiger charge is 2.22. The maximum absolute atomic E-state index is 13.2. The second kappa shape index (κ2) is 6.17.